The number of fused-ring (bicyclic) bond motifs is 1. The van der Waals surface area contributed by atoms with Crippen molar-refractivity contribution < 1.29 is 17.9 Å². The molecule has 2 aliphatic rings. The number of carbonyl (C=O) groups excluding carboxylic acids is 1. The predicted octanol–water partition coefficient (Wildman–Crippen LogP) is 2.60. The monoisotopic (exact) mass is 400 g/mol. The lowest BCUT2D eigenvalue weighted by molar-refractivity contribution is -0.116. The normalized spacial score (nSPS) is 18.9. The molecule has 4 rings (SSSR count). The van der Waals surface area contributed by atoms with E-state index in [1.54, 1.807) is 18.2 Å². The van der Waals surface area contributed by atoms with E-state index in [4.69, 9.17) is 4.74 Å². The number of nitrogens with one attached hydrogen (secondary N) is 2. The van der Waals surface area contributed by atoms with Crippen LogP contribution in [-0.2, 0) is 31.4 Å². The Bertz CT molecular complexity index is 967. The maximum atomic E-state index is 13.0. The number of hydrogen-bond donors (Lipinski definition) is 2. The van der Waals surface area contributed by atoms with Crippen LogP contribution >= 0.6 is 0 Å². The second kappa shape index (κ2) is 7.66. The van der Waals surface area contributed by atoms with Gasteiger partial charge >= 0.3 is 0 Å². The van der Waals surface area contributed by atoms with Gasteiger partial charge in [0.2, 0.25) is 15.9 Å². The summed E-state index contributed by atoms with van der Waals surface area (Å²) in [6.07, 6.45) is 2.47. The SMILES string of the molecule is O=C1CCc2cc(S(=O)(=O)NCC3(c4ccccc4)CCOCC3)ccc2N1. The summed E-state index contributed by atoms with van der Waals surface area (Å²) in [5.41, 5.74) is 2.41. The van der Waals surface area contributed by atoms with Crippen molar-refractivity contribution in [3.63, 3.8) is 0 Å². The molecule has 2 aromatic carbocycles. The first kappa shape index (κ1) is 19.1. The van der Waals surface area contributed by atoms with Gasteiger partial charge in [-0.1, -0.05) is 30.3 Å². The van der Waals surface area contributed by atoms with E-state index in [-0.39, 0.29) is 16.2 Å². The number of aryl methyl sites for hydroxylation is 1. The molecular formula is C21H24N2O4S. The van der Waals surface area contributed by atoms with E-state index < -0.39 is 10.0 Å². The van der Waals surface area contributed by atoms with Crippen LogP contribution in [0.25, 0.3) is 0 Å². The minimum absolute atomic E-state index is 0.0365. The van der Waals surface area contributed by atoms with Crippen molar-refractivity contribution >= 4 is 21.6 Å². The number of sulfonamides is 1. The largest absolute Gasteiger partial charge is 0.381 e. The van der Waals surface area contributed by atoms with E-state index >= 15 is 0 Å². The van der Waals surface area contributed by atoms with E-state index in [0.29, 0.717) is 38.3 Å². The van der Waals surface area contributed by atoms with Crippen LogP contribution in [0.4, 0.5) is 5.69 Å². The van der Waals surface area contributed by atoms with Crippen LogP contribution in [0.15, 0.2) is 53.4 Å². The minimum atomic E-state index is -3.66. The van der Waals surface area contributed by atoms with Crippen molar-refractivity contribution in [3.05, 3.63) is 59.7 Å². The van der Waals surface area contributed by atoms with Crippen LogP contribution in [0.1, 0.15) is 30.4 Å². The van der Waals surface area contributed by atoms with Crippen molar-refractivity contribution in [2.75, 3.05) is 25.1 Å². The highest BCUT2D eigenvalue weighted by molar-refractivity contribution is 7.89. The number of benzene rings is 2. The minimum Gasteiger partial charge on any atom is -0.381 e. The molecule has 1 saturated heterocycles. The van der Waals surface area contributed by atoms with Crippen molar-refractivity contribution in [1.82, 2.24) is 4.72 Å². The number of hydrogen-bond acceptors (Lipinski definition) is 4. The van der Waals surface area contributed by atoms with Crippen molar-refractivity contribution in [1.29, 1.82) is 0 Å². The molecule has 28 heavy (non-hydrogen) atoms. The summed E-state index contributed by atoms with van der Waals surface area (Å²) in [7, 11) is -3.66. The Kier molecular flexibility index (Phi) is 5.23. The molecule has 148 valence electrons. The highest BCUT2D eigenvalue weighted by Gasteiger charge is 2.35. The molecule has 2 aromatic rings. The van der Waals surface area contributed by atoms with Gasteiger partial charge in [-0.05, 0) is 48.6 Å². The molecule has 0 aliphatic carbocycles. The van der Waals surface area contributed by atoms with Crippen LogP contribution in [-0.4, -0.2) is 34.1 Å². The third-order valence-corrected chi connectivity index (χ3v) is 7.12. The van der Waals surface area contributed by atoms with Gasteiger partial charge in [-0.15, -0.1) is 0 Å². The number of ether oxygens (including phenoxy) is 1. The second-order valence-electron chi connectivity index (χ2n) is 7.45. The smallest absolute Gasteiger partial charge is 0.240 e. The summed E-state index contributed by atoms with van der Waals surface area (Å²) >= 11 is 0. The van der Waals surface area contributed by atoms with Crippen molar-refractivity contribution in [2.24, 2.45) is 0 Å². The Balaban J connectivity index is 1.56. The fourth-order valence-electron chi connectivity index (χ4n) is 3.96. The molecule has 7 heteroatoms. The number of anilines is 1. The summed E-state index contributed by atoms with van der Waals surface area (Å²) in [5, 5.41) is 2.78. The molecule has 0 spiro atoms. The maximum absolute atomic E-state index is 13.0. The summed E-state index contributed by atoms with van der Waals surface area (Å²) in [6.45, 7) is 1.57. The van der Waals surface area contributed by atoms with Gasteiger partial charge in [-0.2, -0.15) is 0 Å². The molecule has 6 nitrogen and oxygen atoms in total. The first-order chi connectivity index (χ1) is 13.5. The lowest BCUT2D eigenvalue weighted by Crippen LogP contribution is -2.44. The molecular weight excluding hydrogens is 376 g/mol. The van der Waals surface area contributed by atoms with Crippen LogP contribution in [0.5, 0.6) is 0 Å². The second-order valence-corrected chi connectivity index (χ2v) is 9.22. The molecule has 1 amide bonds. The lowest BCUT2D eigenvalue weighted by Gasteiger charge is -2.38. The van der Waals surface area contributed by atoms with E-state index in [2.05, 4.69) is 22.2 Å². The standard InChI is InChI=1S/C21H24N2O4S/c24-20-9-6-16-14-18(7-8-19(16)23-20)28(25,26)22-15-21(10-12-27-13-11-21)17-4-2-1-3-5-17/h1-5,7-8,14,22H,6,9-13,15H2,(H,23,24). The zero-order valence-electron chi connectivity index (χ0n) is 15.6. The van der Waals surface area contributed by atoms with Gasteiger partial charge in [0, 0.05) is 37.3 Å². The number of carbonyl (C=O) groups is 1. The predicted molar refractivity (Wildman–Crippen MR) is 107 cm³/mol. The van der Waals surface area contributed by atoms with Gasteiger partial charge in [-0.3, -0.25) is 4.79 Å². The van der Waals surface area contributed by atoms with Crippen molar-refractivity contribution in [2.45, 2.75) is 36.0 Å². The Hall–Kier alpha value is -2.22. The van der Waals surface area contributed by atoms with Crippen LogP contribution < -0.4 is 10.0 Å². The maximum Gasteiger partial charge on any atom is 0.240 e. The fraction of sp³-hybridized carbons (Fsp3) is 0.381. The Morgan fingerprint density at radius 1 is 1.04 bits per heavy atom. The molecule has 0 saturated carbocycles. The van der Waals surface area contributed by atoms with Crippen LogP contribution in [0.3, 0.4) is 0 Å². The molecule has 1 fully saturated rings. The molecule has 0 aromatic heterocycles. The van der Waals surface area contributed by atoms with Crippen molar-refractivity contribution in [3.8, 4) is 0 Å². The van der Waals surface area contributed by atoms with E-state index in [1.165, 1.54) is 0 Å². The molecule has 2 heterocycles. The fourth-order valence-corrected chi connectivity index (χ4v) is 5.14. The summed E-state index contributed by atoms with van der Waals surface area (Å²) in [6, 6.07) is 14.9. The molecule has 0 unspecified atom stereocenters. The first-order valence-corrected chi connectivity index (χ1v) is 11.0. The van der Waals surface area contributed by atoms with Gasteiger partial charge < -0.3 is 10.1 Å². The summed E-state index contributed by atoms with van der Waals surface area (Å²) in [4.78, 5) is 11.7. The molecule has 2 N–H and O–H groups in total. The Morgan fingerprint density at radius 3 is 2.54 bits per heavy atom. The molecule has 2 aliphatic heterocycles. The number of rotatable bonds is 5. The van der Waals surface area contributed by atoms with Gasteiger partial charge in [-0.25, -0.2) is 13.1 Å². The van der Waals surface area contributed by atoms with E-state index in [0.717, 1.165) is 24.0 Å². The van der Waals surface area contributed by atoms with Crippen LogP contribution in [0.2, 0.25) is 0 Å². The average molecular weight is 401 g/mol. The lowest BCUT2D eigenvalue weighted by atomic mass is 9.74. The zero-order valence-corrected chi connectivity index (χ0v) is 16.4. The third-order valence-electron chi connectivity index (χ3n) is 5.72. The highest BCUT2D eigenvalue weighted by Crippen LogP contribution is 2.35. The molecule has 0 atom stereocenters. The quantitative estimate of drug-likeness (QED) is 0.808. The molecule has 0 bridgehead atoms. The topological polar surface area (TPSA) is 84.5 Å². The average Bonchev–Trinajstić information content (AvgIpc) is 2.73. The third kappa shape index (κ3) is 3.83. The van der Waals surface area contributed by atoms with Gasteiger partial charge in [0.15, 0.2) is 0 Å². The van der Waals surface area contributed by atoms with E-state index in [9.17, 15) is 13.2 Å². The zero-order chi connectivity index (χ0) is 19.6. The molecule has 0 radical (unpaired) electrons. The Labute approximate surface area is 165 Å². The van der Waals surface area contributed by atoms with Gasteiger partial charge in [0.1, 0.15) is 0 Å². The van der Waals surface area contributed by atoms with E-state index in [1.807, 2.05) is 18.2 Å². The first-order valence-electron chi connectivity index (χ1n) is 9.54. The summed E-state index contributed by atoms with van der Waals surface area (Å²) in [5.74, 6) is -0.0365. The van der Waals surface area contributed by atoms with Crippen LogP contribution in [0, 0.1) is 0 Å². The number of amides is 1. The van der Waals surface area contributed by atoms with Gasteiger partial charge in [0.25, 0.3) is 0 Å². The Morgan fingerprint density at radius 2 is 1.79 bits per heavy atom. The summed E-state index contributed by atoms with van der Waals surface area (Å²) < 4.78 is 34.3. The van der Waals surface area contributed by atoms with Gasteiger partial charge in [0.05, 0.1) is 4.90 Å². The highest BCUT2D eigenvalue weighted by atomic mass is 32.2.